The van der Waals surface area contributed by atoms with Crippen LogP contribution in [-0.4, -0.2) is 48.4 Å². The van der Waals surface area contributed by atoms with Crippen LogP contribution in [0.25, 0.3) is 0 Å². The lowest BCUT2D eigenvalue weighted by molar-refractivity contribution is 0.632. The van der Waals surface area contributed by atoms with Crippen LogP contribution in [-0.2, 0) is 19.5 Å². The fourth-order valence-corrected chi connectivity index (χ4v) is 2.39. The lowest BCUT2D eigenvalue weighted by Crippen LogP contribution is -2.38. The number of nitrogens with zero attached hydrogens (tertiary/aromatic N) is 5. The fourth-order valence-electron chi connectivity index (χ4n) is 2.39. The van der Waals surface area contributed by atoms with Gasteiger partial charge < -0.3 is 20.1 Å². The number of hydrogen-bond donors (Lipinski definition) is 2. The largest absolute Gasteiger partial charge is 0.378 e. The first kappa shape index (κ1) is 21.2. The Morgan fingerprint density at radius 3 is 2.76 bits per heavy atom. The van der Waals surface area contributed by atoms with Gasteiger partial charge >= 0.3 is 0 Å². The Hall–Kier alpha value is -1.84. The molecule has 0 unspecified atom stereocenters. The van der Waals surface area contributed by atoms with Crippen LogP contribution in [0.5, 0.6) is 0 Å². The molecule has 0 radical (unpaired) electrons. The Kier molecular flexibility index (Phi) is 9.25. The van der Waals surface area contributed by atoms with Crippen molar-refractivity contribution < 1.29 is 0 Å². The molecule has 0 atom stereocenters. The summed E-state index contributed by atoms with van der Waals surface area (Å²) in [5.74, 6) is 1.79. The number of anilines is 1. The zero-order valence-electron chi connectivity index (χ0n) is 15.4. The number of benzene rings is 1. The molecule has 1 aromatic heterocycles. The quantitative estimate of drug-likeness (QED) is 0.378. The third kappa shape index (κ3) is 6.52. The molecule has 0 saturated carbocycles. The van der Waals surface area contributed by atoms with E-state index in [9.17, 15) is 0 Å². The maximum atomic E-state index is 4.27. The third-order valence-electron chi connectivity index (χ3n) is 3.77. The summed E-state index contributed by atoms with van der Waals surface area (Å²) in [7, 11) is 5.87. The second-order valence-electron chi connectivity index (χ2n) is 5.71. The molecule has 1 heterocycles. The molecule has 2 N–H and O–H groups in total. The van der Waals surface area contributed by atoms with E-state index in [4.69, 9.17) is 0 Å². The Bertz CT molecular complexity index is 667. The third-order valence-corrected chi connectivity index (χ3v) is 3.77. The zero-order valence-corrected chi connectivity index (χ0v) is 17.7. The maximum Gasteiger partial charge on any atom is 0.191 e. The summed E-state index contributed by atoms with van der Waals surface area (Å²) in [4.78, 5) is 6.36. The van der Waals surface area contributed by atoms with E-state index in [2.05, 4.69) is 66.5 Å². The number of rotatable bonds is 7. The van der Waals surface area contributed by atoms with E-state index in [0.717, 1.165) is 37.8 Å². The molecule has 0 aliphatic carbocycles. The number of halogens is 1. The lowest BCUT2D eigenvalue weighted by Gasteiger charge is -2.15. The topological polar surface area (TPSA) is 70.4 Å². The van der Waals surface area contributed by atoms with Crippen LogP contribution in [0.2, 0.25) is 0 Å². The second kappa shape index (κ2) is 10.9. The van der Waals surface area contributed by atoms with Gasteiger partial charge in [0, 0.05) is 52.9 Å². The van der Waals surface area contributed by atoms with E-state index >= 15 is 0 Å². The van der Waals surface area contributed by atoms with Gasteiger partial charge in [-0.05, 0) is 17.7 Å². The molecule has 2 aromatic rings. The predicted octanol–water partition coefficient (Wildman–Crippen LogP) is 1.89. The molecule has 0 fully saturated rings. The average molecular weight is 457 g/mol. The molecule has 0 saturated heterocycles. The van der Waals surface area contributed by atoms with E-state index in [1.165, 1.54) is 11.3 Å². The lowest BCUT2D eigenvalue weighted by atomic mass is 10.2. The van der Waals surface area contributed by atoms with Crippen molar-refractivity contribution in [3.05, 3.63) is 42.0 Å². The van der Waals surface area contributed by atoms with Gasteiger partial charge in [-0.15, -0.1) is 34.2 Å². The van der Waals surface area contributed by atoms with Crippen molar-refractivity contribution in [2.45, 2.75) is 26.4 Å². The molecule has 25 heavy (non-hydrogen) atoms. The molecule has 0 bridgehead atoms. The van der Waals surface area contributed by atoms with Crippen LogP contribution in [0, 0.1) is 0 Å². The van der Waals surface area contributed by atoms with Crippen LogP contribution in [0.1, 0.15) is 18.3 Å². The number of aliphatic imine (C=N–C) groups is 1. The normalized spacial score (nSPS) is 11.0. The molecule has 8 heteroatoms. The van der Waals surface area contributed by atoms with Gasteiger partial charge in [-0.3, -0.25) is 4.99 Å². The van der Waals surface area contributed by atoms with Gasteiger partial charge in [0.25, 0.3) is 0 Å². The van der Waals surface area contributed by atoms with Crippen LogP contribution < -0.4 is 15.5 Å². The Morgan fingerprint density at radius 1 is 1.28 bits per heavy atom. The number of aromatic nitrogens is 3. The highest BCUT2D eigenvalue weighted by Gasteiger charge is 2.03. The van der Waals surface area contributed by atoms with Gasteiger partial charge in [0.15, 0.2) is 5.96 Å². The van der Waals surface area contributed by atoms with Gasteiger partial charge in [-0.25, -0.2) is 0 Å². The van der Waals surface area contributed by atoms with Crippen molar-refractivity contribution >= 4 is 35.6 Å². The first-order chi connectivity index (χ1) is 11.6. The zero-order chi connectivity index (χ0) is 17.4. The SMILES string of the molecule is CCc1nncn1CCNC(=NC)NCc1cccc(N(C)C)c1.I. The fraction of sp³-hybridized carbons (Fsp3) is 0.471. The molecule has 7 nitrogen and oxygen atoms in total. The Balaban J connectivity index is 0.00000312. The van der Waals surface area contributed by atoms with Crippen molar-refractivity contribution in [2.24, 2.45) is 4.99 Å². The van der Waals surface area contributed by atoms with E-state index in [0.29, 0.717) is 0 Å². The first-order valence-corrected chi connectivity index (χ1v) is 8.21. The van der Waals surface area contributed by atoms with Crippen LogP contribution >= 0.6 is 24.0 Å². The minimum atomic E-state index is 0. The second-order valence-corrected chi connectivity index (χ2v) is 5.71. The van der Waals surface area contributed by atoms with Crippen molar-refractivity contribution in [2.75, 3.05) is 32.6 Å². The maximum absolute atomic E-state index is 4.27. The number of guanidine groups is 1. The molecule has 2 rings (SSSR count). The Morgan fingerprint density at radius 2 is 2.08 bits per heavy atom. The monoisotopic (exact) mass is 457 g/mol. The van der Waals surface area contributed by atoms with Gasteiger partial charge in [-0.2, -0.15) is 0 Å². The highest BCUT2D eigenvalue weighted by Crippen LogP contribution is 2.12. The molecule has 0 amide bonds. The molecular formula is C17H28IN7. The van der Waals surface area contributed by atoms with Gasteiger partial charge in [0.05, 0.1) is 0 Å². The van der Waals surface area contributed by atoms with Gasteiger partial charge in [-0.1, -0.05) is 19.1 Å². The molecular weight excluding hydrogens is 429 g/mol. The van der Waals surface area contributed by atoms with Crippen molar-refractivity contribution in [1.29, 1.82) is 0 Å². The van der Waals surface area contributed by atoms with E-state index < -0.39 is 0 Å². The standard InChI is InChI=1S/C17H27N7.HI/c1-5-16-22-21-13-24(16)10-9-19-17(18-2)20-12-14-7-6-8-15(11-14)23(3)4;/h6-8,11,13H,5,9-10,12H2,1-4H3,(H2,18,19,20);1H. The minimum absolute atomic E-state index is 0. The number of nitrogens with one attached hydrogen (secondary N) is 2. The first-order valence-electron chi connectivity index (χ1n) is 8.21. The van der Waals surface area contributed by atoms with E-state index in [1.54, 1.807) is 13.4 Å². The summed E-state index contributed by atoms with van der Waals surface area (Å²) in [5.41, 5.74) is 2.41. The highest BCUT2D eigenvalue weighted by atomic mass is 127. The Labute approximate surface area is 166 Å². The van der Waals surface area contributed by atoms with Crippen LogP contribution in [0.15, 0.2) is 35.6 Å². The van der Waals surface area contributed by atoms with E-state index in [-0.39, 0.29) is 24.0 Å². The highest BCUT2D eigenvalue weighted by molar-refractivity contribution is 14.0. The summed E-state index contributed by atoms with van der Waals surface area (Å²) >= 11 is 0. The molecule has 0 spiro atoms. The van der Waals surface area contributed by atoms with Gasteiger partial charge in [0.1, 0.15) is 12.2 Å². The summed E-state index contributed by atoms with van der Waals surface area (Å²) in [6, 6.07) is 8.45. The summed E-state index contributed by atoms with van der Waals surface area (Å²) in [6.45, 7) is 4.39. The minimum Gasteiger partial charge on any atom is -0.378 e. The smallest absolute Gasteiger partial charge is 0.191 e. The number of aryl methyl sites for hydroxylation is 1. The molecule has 1 aromatic carbocycles. The average Bonchev–Trinajstić information content (AvgIpc) is 3.05. The van der Waals surface area contributed by atoms with E-state index in [1.807, 2.05) is 14.1 Å². The molecule has 0 aliphatic rings. The van der Waals surface area contributed by atoms with Crippen molar-refractivity contribution in [3.8, 4) is 0 Å². The van der Waals surface area contributed by atoms with Crippen molar-refractivity contribution in [1.82, 2.24) is 25.4 Å². The summed E-state index contributed by atoms with van der Waals surface area (Å²) in [6.07, 6.45) is 2.65. The summed E-state index contributed by atoms with van der Waals surface area (Å²) < 4.78 is 2.06. The van der Waals surface area contributed by atoms with Crippen molar-refractivity contribution in [3.63, 3.8) is 0 Å². The van der Waals surface area contributed by atoms with Gasteiger partial charge in [0.2, 0.25) is 0 Å². The predicted molar refractivity (Wildman–Crippen MR) is 114 cm³/mol. The van der Waals surface area contributed by atoms with Crippen LogP contribution in [0.3, 0.4) is 0 Å². The molecule has 0 aliphatic heterocycles. The summed E-state index contributed by atoms with van der Waals surface area (Å²) in [5, 5.41) is 14.7. The molecule has 138 valence electrons. The van der Waals surface area contributed by atoms with Crippen LogP contribution in [0.4, 0.5) is 5.69 Å². The number of hydrogen-bond acceptors (Lipinski definition) is 4.